The van der Waals surface area contributed by atoms with Gasteiger partial charge in [0.25, 0.3) is 0 Å². The summed E-state index contributed by atoms with van der Waals surface area (Å²) in [4.78, 5) is 22.3. The number of hydrogen-bond donors (Lipinski definition) is 3. The Morgan fingerprint density at radius 2 is 1.55 bits per heavy atom. The van der Waals surface area contributed by atoms with Crippen LogP contribution in [-0.2, 0) is 6.54 Å². The highest BCUT2D eigenvalue weighted by atomic mass is 16.4. The monoisotopic (exact) mass is 413 g/mol. The van der Waals surface area contributed by atoms with Crippen LogP contribution in [0.2, 0.25) is 0 Å². The van der Waals surface area contributed by atoms with Gasteiger partial charge in [0.2, 0.25) is 0 Å². The molecule has 0 unspecified atom stereocenters. The maximum atomic E-state index is 11.2. The van der Waals surface area contributed by atoms with E-state index in [1.54, 1.807) is 35.0 Å². The number of nitrogens with one attached hydrogen (secondary N) is 1. The number of benzene rings is 3. The van der Waals surface area contributed by atoms with Gasteiger partial charge < -0.3 is 15.5 Å². The molecule has 0 saturated heterocycles. The summed E-state index contributed by atoms with van der Waals surface area (Å²) in [6.45, 7) is 0.431. The Morgan fingerprint density at radius 3 is 2.23 bits per heavy atom. The minimum atomic E-state index is -0.981. The lowest BCUT2D eigenvalue weighted by Gasteiger charge is -2.07. The van der Waals surface area contributed by atoms with Crippen LogP contribution >= 0.6 is 0 Å². The Morgan fingerprint density at radius 1 is 0.839 bits per heavy atom. The average molecular weight is 413 g/mol. The molecule has 1 heterocycles. The molecule has 7 nitrogen and oxygen atoms in total. The molecule has 0 fully saturated rings. The van der Waals surface area contributed by atoms with Crippen molar-refractivity contribution in [2.75, 3.05) is 5.32 Å². The Kier molecular flexibility index (Phi) is 5.49. The van der Waals surface area contributed by atoms with Gasteiger partial charge in [-0.05, 0) is 42.5 Å². The lowest BCUT2D eigenvalue weighted by Crippen LogP contribution is -2.02. The van der Waals surface area contributed by atoms with Crippen LogP contribution in [0.3, 0.4) is 0 Å². The van der Waals surface area contributed by atoms with Crippen LogP contribution in [0.5, 0.6) is 0 Å². The molecule has 0 amide bonds. The van der Waals surface area contributed by atoms with Gasteiger partial charge in [-0.1, -0.05) is 36.4 Å². The summed E-state index contributed by atoms with van der Waals surface area (Å²) in [6.07, 6.45) is 1.88. The van der Waals surface area contributed by atoms with Gasteiger partial charge in [0, 0.05) is 29.6 Å². The molecule has 0 aliphatic heterocycles. The van der Waals surface area contributed by atoms with E-state index in [1.807, 2.05) is 42.6 Å². The largest absolute Gasteiger partial charge is 0.478 e. The van der Waals surface area contributed by atoms with Crippen molar-refractivity contribution in [1.29, 1.82) is 0 Å². The maximum absolute atomic E-state index is 11.2. The fourth-order valence-electron chi connectivity index (χ4n) is 3.23. The Hall–Kier alpha value is -4.39. The summed E-state index contributed by atoms with van der Waals surface area (Å²) >= 11 is 0. The van der Waals surface area contributed by atoms with Gasteiger partial charge in [0.15, 0.2) is 0 Å². The molecule has 7 heteroatoms. The first-order valence-electron chi connectivity index (χ1n) is 9.56. The van der Waals surface area contributed by atoms with Crippen molar-refractivity contribution in [3.63, 3.8) is 0 Å². The van der Waals surface area contributed by atoms with E-state index in [0.717, 1.165) is 22.5 Å². The predicted molar refractivity (Wildman–Crippen MR) is 117 cm³/mol. The Balaban J connectivity index is 1.66. The molecule has 31 heavy (non-hydrogen) atoms. The van der Waals surface area contributed by atoms with Crippen LogP contribution in [0, 0.1) is 0 Å². The highest BCUT2D eigenvalue weighted by Crippen LogP contribution is 2.25. The van der Waals surface area contributed by atoms with E-state index in [0.29, 0.717) is 12.2 Å². The average Bonchev–Trinajstić information content (AvgIpc) is 3.23. The molecule has 0 atom stereocenters. The smallest absolute Gasteiger partial charge is 0.335 e. The minimum Gasteiger partial charge on any atom is -0.478 e. The summed E-state index contributed by atoms with van der Waals surface area (Å²) in [5.74, 6) is -1.96. The number of hydrogen-bond acceptors (Lipinski definition) is 4. The first-order valence-corrected chi connectivity index (χ1v) is 9.56. The summed E-state index contributed by atoms with van der Waals surface area (Å²) in [5.41, 5.74) is 4.49. The third-order valence-corrected chi connectivity index (χ3v) is 4.81. The highest BCUT2D eigenvalue weighted by Gasteiger charge is 2.13. The number of nitrogens with zero attached hydrogens (tertiary/aromatic N) is 2. The number of anilines is 1. The summed E-state index contributed by atoms with van der Waals surface area (Å²) in [6, 6.07) is 22.9. The molecule has 3 aromatic carbocycles. The van der Waals surface area contributed by atoms with Gasteiger partial charge in [0.05, 0.1) is 22.5 Å². The summed E-state index contributed by atoms with van der Waals surface area (Å²) in [7, 11) is 0. The van der Waals surface area contributed by atoms with Crippen molar-refractivity contribution in [1.82, 2.24) is 9.78 Å². The quantitative estimate of drug-likeness (QED) is 0.411. The molecule has 154 valence electrons. The fourth-order valence-corrected chi connectivity index (χ4v) is 3.23. The van der Waals surface area contributed by atoms with Crippen molar-refractivity contribution in [3.05, 3.63) is 102 Å². The fraction of sp³-hybridized carbons (Fsp3) is 0.0417. The molecule has 1 aromatic heterocycles. The second-order valence-electron chi connectivity index (χ2n) is 6.91. The van der Waals surface area contributed by atoms with Crippen LogP contribution in [0.25, 0.3) is 16.9 Å². The molecular weight excluding hydrogens is 394 g/mol. The van der Waals surface area contributed by atoms with Gasteiger partial charge >= 0.3 is 11.9 Å². The van der Waals surface area contributed by atoms with E-state index >= 15 is 0 Å². The van der Waals surface area contributed by atoms with Crippen LogP contribution in [-0.4, -0.2) is 31.9 Å². The third kappa shape index (κ3) is 4.45. The lowest BCUT2D eigenvalue weighted by molar-refractivity contribution is 0.0686. The Labute approximate surface area is 178 Å². The van der Waals surface area contributed by atoms with Crippen LogP contribution in [0.15, 0.2) is 85.1 Å². The van der Waals surface area contributed by atoms with Gasteiger partial charge in [0.1, 0.15) is 0 Å². The second-order valence-corrected chi connectivity index (χ2v) is 6.91. The highest BCUT2D eigenvalue weighted by molar-refractivity contribution is 5.89. The topological polar surface area (TPSA) is 104 Å². The SMILES string of the molecule is O=C(O)c1ccc(-n2cc(CNc3cccc(C(=O)O)c3)c(-c3ccccc3)n2)cc1. The van der Waals surface area contributed by atoms with E-state index in [1.165, 1.54) is 12.1 Å². The number of rotatable bonds is 7. The lowest BCUT2D eigenvalue weighted by atomic mass is 10.1. The number of aromatic nitrogens is 2. The zero-order chi connectivity index (χ0) is 21.8. The molecule has 0 aliphatic rings. The van der Waals surface area contributed by atoms with Crippen molar-refractivity contribution in [2.45, 2.75) is 6.54 Å². The molecule has 4 rings (SSSR count). The van der Waals surface area contributed by atoms with Crippen LogP contribution in [0.4, 0.5) is 5.69 Å². The van der Waals surface area contributed by atoms with Crippen molar-refractivity contribution >= 4 is 17.6 Å². The van der Waals surface area contributed by atoms with Crippen LogP contribution < -0.4 is 5.32 Å². The Bertz CT molecular complexity index is 1230. The minimum absolute atomic E-state index is 0.208. The molecular formula is C24H19N3O4. The molecule has 0 aliphatic carbocycles. The van der Waals surface area contributed by atoms with E-state index in [4.69, 9.17) is 10.2 Å². The number of carboxylic acid groups (broad SMARTS) is 2. The number of carboxylic acids is 2. The van der Waals surface area contributed by atoms with Crippen molar-refractivity contribution in [2.24, 2.45) is 0 Å². The molecule has 0 spiro atoms. The number of aromatic carboxylic acids is 2. The van der Waals surface area contributed by atoms with Crippen molar-refractivity contribution in [3.8, 4) is 16.9 Å². The second kappa shape index (κ2) is 8.54. The molecule has 0 radical (unpaired) electrons. The van der Waals surface area contributed by atoms with E-state index in [9.17, 15) is 14.7 Å². The van der Waals surface area contributed by atoms with Gasteiger partial charge in [-0.15, -0.1) is 0 Å². The molecule has 0 bridgehead atoms. The molecule has 0 saturated carbocycles. The zero-order valence-corrected chi connectivity index (χ0v) is 16.4. The van der Waals surface area contributed by atoms with Gasteiger partial charge in [-0.3, -0.25) is 0 Å². The summed E-state index contributed by atoms with van der Waals surface area (Å²) in [5, 5.41) is 26.3. The van der Waals surface area contributed by atoms with E-state index < -0.39 is 11.9 Å². The third-order valence-electron chi connectivity index (χ3n) is 4.81. The molecule has 4 aromatic rings. The normalized spacial score (nSPS) is 10.6. The van der Waals surface area contributed by atoms with E-state index in [2.05, 4.69) is 5.32 Å². The molecule has 3 N–H and O–H groups in total. The zero-order valence-electron chi connectivity index (χ0n) is 16.4. The maximum Gasteiger partial charge on any atom is 0.335 e. The van der Waals surface area contributed by atoms with E-state index in [-0.39, 0.29) is 11.1 Å². The van der Waals surface area contributed by atoms with Gasteiger partial charge in [-0.2, -0.15) is 5.10 Å². The van der Waals surface area contributed by atoms with Crippen LogP contribution in [0.1, 0.15) is 26.3 Å². The standard InChI is InChI=1S/C24H19N3O4/c28-23(29)17-9-11-21(12-10-17)27-15-19(22(26-27)16-5-2-1-3-6-16)14-25-20-8-4-7-18(13-20)24(30)31/h1-13,15,25H,14H2,(H,28,29)(H,30,31). The first kappa shape index (κ1) is 19.9. The predicted octanol–water partition coefficient (Wildman–Crippen LogP) is 4.55. The summed E-state index contributed by atoms with van der Waals surface area (Å²) < 4.78 is 1.71. The number of carbonyl (C=O) groups is 2. The first-order chi connectivity index (χ1) is 15.0. The van der Waals surface area contributed by atoms with Gasteiger partial charge in [-0.25, -0.2) is 14.3 Å². The van der Waals surface area contributed by atoms with Crippen molar-refractivity contribution < 1.29 is 19.8 Å².